The minimum absolute atomic E-state index is 0.0479. The highest BCUT2D eigenvalue weighted by molar-refractivity contribution is 5.94. The Kier molecular flexibility index (Phi) is 5.30. The molecule has 0 bridgehead atoms. The van der Waals surface area contributed by atoms with Gasteiger partial charge in [0.1, 0.15) is 0 Å². The van der Waals surface area contributed by atoms with Crippen LogP contribution in [0, 0.1) is 0 Å². The second-order valence-corrected chi connectivity index (χ2v) is 5.25. The van der Waals surface area contributed by atoms with Crippen LogP contribution in [0.2, 0.25) is 0 Å². The van der Waals surface area contributed by atoms with Gasteiger partial charge in [-0.15, -0.1) is 0 Å². The van der Waals surface area contributed by atoms with Gasteiger partial charge in [0.25, 0.3) is 5.91 Å². The third-order valence-corrected chi connectivity index (χ3v) is 3.22. The van der Waals surface area contributed by atoms with Crippen molar-refractivity contribution in [3.8, 4) is 11.5 Å². The lowest BCUT2D eigenvalue weighted by atomic mass is 10.1. The van der Waals surface area contributed by atoms with Crippen LogP contribution < -0.4 is 10.2 Å². The zero-order chi connectivity index (χ0) is 16.8. The summed E-state index contributed by atoms with van der Waals surface area (Å²) < 4.78 is 5.01. The van der Waals surface area contributed by atoms with Crippen LogP contribution in [0.4, 0.5) is 0 Å². The van der Waals surface area contributed by atoms with Gasteiger partial charge in [-0.05, 0) is 41.8 Å². The van der Waals surface area contributed by atoms with Crippen LogP contribution in [-0.4, -0.2) is 29.3 Å². The molecule has 2 aromatic rings. The van der Waals surface area contributed by atoms with E-state index >= 15 is 0 Å². The molecule has 0 saturated heterocycles. The van der Waals surface area contributed by atoms with Crippen LogP contribution in [-0.2, 0) is 0 Å². The third kappa shape index (κ3) is 4.29. The third-order valence-electron chi connectivity index (χ3n) is 3.22. The van der Waals surface area contributed by atoms with Gasteiger partial charge in [0.2, 0.25) is 0 Å². The SMILES string of the molecule is COc1cc(/C=N\NC(=O)c2ccnc(C(C)C)c2)ccc1O. The Bertz CT molecular complexity index is 727. The fraction of sp³-hybridized carbons (Fsp3) is 0.235. The number of pyridine rings is 1. The molecule has 0 aliphatic carbocycles. The molecule has 0 saturated carbocycles. The quantitative estimate of drug-likeness (QED) is 0.656. The number of ether oxygens (including phenoxy) is 1. The van der Waals surface area contributed by atoms with Crippen molar-refractivity contribution in [1.29, 1.82) is 0 Å². The number of amides is 1. The monoisotopic (exact) mass is 313 g/mol. The number of aromatic nitrogens is 1. The predicted octanol–water partition coefficient (Wildman–Crippen LogP) is 2.68. The maximum absolute atomic E-state index is 12.1. The second-order valence-electron chi connectivity index (χ2n) is 5.25. The van der Waals surface area contributed by atoms with E-state index in [4.69, 9.17) is 4.74 Å². The van der Waals surface area contributed by atoms with Crippen molar-refractivity contribution in [2.45, 2.75) is 19.8 Å². The van der Waals surface area contributed by atoms with E-state index in [-0.39, 0.29) is 17.6 Å². The Morgan fingerprint density at radius 3 is 2.83 bits per heavy atom. The molecule has 2 rings (SSSR count). The molecule has 120 valence electrons. The van der Waals surface area contributed by atoms with Crippen molar-refractivity contribution >= 4 is 12.1 Å². The molecule has 0 spiro atoms. The van der Waals surface area contributed by atoms with Crippen molar-refractivity contribution in [2.24, 2.45) is 5.10 Å². The second kappa shape index (κ2) is 7.40. The minimum Gasteiger partial charge on any atom is -0.504 e. The molecule has 6 nitrogen and oxygen atoms in total. The summed E-state index contributed by atoms with van der Waals surface area (Å²) >= 11 is 0. The Hall–Kier alpha value is -2.89. The van der Waals surface area contributed by atoms with Crippen LogP contribution in [0.5, 0.6) is 11.5 Å². The first-order valence-corrected chi connectivity index (χ1v) is 7.17. The number of hydrogen-bond acceptors (Lipinski definition) is 5. The molecule has 6 heteroatoms. The van der Waals surface area contributed by atoms with Crippen LogP contribution in [0.15, 0.2) is 41.6 Å². The van der Waals surface area contributed by atoms with Gasteiger partial charge >= 0.3 is 0 Å². The molecular formula is C17H19N3O3. The summed E-state index contributed by atoms with van der Waals surface area (Å²) in [5.41, 5.74) is 4.51. The van der Waals surface area contributed by atoms with Gasteiger partial charge in [-0.3, -0.25) is 9.78 Å². The summed E-state index contributed by atoms with van der Waals surface area (Å²) in [6.07, 6.45) is 3.09. The molecule has 1 aromatic carbocycles. The molecule has 23 heavy (non-hydrogen) atoms. The lowest BCUT2D eigenvalue weighted by Gasteiger charge is -2.06. The predicted molar refractivity (Wildman–Crippen MR) is 88.0 cm³/mol. The highest BCUT2D eigenvalue weighted by atomic mass is 16.5. The summed E-state index contributed by atoms with van der Waals surface area (Å²) in [5, 5.41) is 13.4. The molecule has 0 unspecified atom stereocenters. The van der Waals surface area contributed by atoms with Gasteiger partial charge in [-0.1, -0.05) is 13.8 Å². The fourth-order valence-electron chi connectivity index (χ4n) is 1.91. The van der Waals surface area contributed by atoms with Crippen LogP contribution in [0.1, 0.15) is 41.4 Å². The number of hydrogen-bond donors (Lipinski definition) is 2. The maximum atomic E-state index is 12.1. The molecule has 2 N–H and O–H groups in total. The fourth-order valence-corrected chi connectivity index (χ4v) is 1.91. The first-order chi connectivity index (χ1) is 11.0. The smallest absolute Gasteiger partial charge is 0.271 e. The highest BCUT2D eigenvalue weighted by Crippen LogP contribution is 2.25. The van der Waals surface area contributed by atoms with Gasteiger partial charge in [0, 0.05) is 17.5 Å². The number of hydrazone groups is 1. The lowest BCUT2D eigenvalue weighted by Crippen LogP contribution is -2.18. The zero-order valence-corrected chi connectivity index (χ0v) is 13.3. The normalized spacial score (nSPS) is 11.0. The number of carbonyl (C=O) groups is 1. The van der Waals surface area contributed by atoms with E-state index in [0.717, 1.165) is 5.69 Å². The van der Waals surface area contributed by atoms with Crippen LogP contribution in [0.3, 0.4) is 0 Å². The van der Waals surface area contributed by atoms with E-state index in [2.05, 4.69) is 15.5 Å². The number of phenols is 1. The molecular weight excluding hydrogens is 294 g/mol. The van der Waals surface area contributed by atoms with E-state index in [1.807, 2.05) is 13.8 Å². The maximum Gasteiger partial charge on any atom is 0.271 e. The number of phenolic OH excluding ortho intramolecular Hbond substituents is 1. The number of methoxy groups -OCH3 is 1. The van der Waals surface area contributed by atoms with E-state index < -0.39 is 0 Å². The highest BCUT2D eigenvalue weighted by Gasteiger charge is 2.08. The van der Waals surface area contributed by atoms with Crippen molar-refractivity contribution in [3.05, 3.63) is 53.3 Å². The van der Waals surface area contributed by atoms with Gasteiger partial charge in [0.05, 0.1) is 13.3 Å². The molecule has 0 radical (unpaired) electrons. The number of benzene rings is 1. The Labute approximate surface area is 134 Å². The largest absolute Gasteiger partial charge is 0.504 e. The molecule has 1 heterocycles. The topological polar surface area (TPSA) is 83.8 Å². The molecule has 0 aliphatic rings. The number of carbonyl (C=O) groups excluding carboxylic acids is 1. The first-order valence-electron chi connectivity index (χ1n) is 7.17. The number of rotatable bonds is 5. The molecule has 1 aromatic heterocycles. The number of nitrogens with one attached hydrogen (secondary N) is 1. The average molecular weight is 313 g/mol. The van der Waals surface area contributed by atoms with Gasteiger partial charge in [-0.25, -0.2) is 5.43 Å². The summed E-state index contributed by atoms with van der Waals surface area (Å²) in [6, 6.07) is 8.17. The van der Waals surface area contributed by atoms with Crippen LogP contribution >= 0.6 is 0 Å². The molecule has 0 fully saturated rings. The molecule has 0 aliphatic heterocycles. The Balaban J connectivity index is 2.05. The molecule has 0 atom stereocenters. The van der Waals surface area contributed by atoms with Crippen LogP contribution in [0.25, 0.3) is 0 Å². The van der Waals surface area contributed by atoms with Crippen molar-refractivity contribution in [1.82, 2.24) is 10.4 Å². The lowest BCUT2D eigenvalue weighted by molar-refractivity contribution is 0.0955. The van der Waals surface area contributed by atoms with E-state index in [1.54, 1.807) is 30.5 Å². The number of aromatic hydroxyl groups is 1. The first kappa shape index (κ1) is 16.5. The van der Waals surface area contributed by atoms with E-state index in [9.17, 15) is 9.90 Å². The zero-order valence-electron chi connectivity index (χ0n) is 13.3. The summed E-state index contributed by atoms with van der Waals surface area (Å²) in [7, 11) is 1.47. The van der Waals surface area contributed by atoms with Gasteiger partial charge in [0.15, 0.2) is 11.5 Å². The van der Waals surface area contributed by atoms with E-state index in [0.29, 0.717) is 16.9 Å². The van der Waals surface area contributed by atoms with Crippen molar-refractivity contribution in [2.75, 3.05) is 7.11 Å². The average Bonchev–Trinajstić information content (AvgIpc) is 2.56. The summed E-state index contributed by atoms with van der Waals surface area (Å²) in [4.78, 5) is 16.3. The molecule has 1 amide bonds. The summed E-state index contributed by atoms with van der Waals surface area (Å²) in [6.45, 7) is 4.03. The standard InChI is InChI=1S/C17H19N3O3/c1-11(2)14-9-13(6-7-18-14)17(22)20-19-10-12-4-5-15(21)16(8-12)23-3/h4-11,21H,1-3H3,(H,20,22)/b19-10-. The minimum atomic E-state index is -0.309. The summed E-state index contributed by atoms with van der Waals surface area (Å²) in [5.74, 6) is 0.328. The van der Waals surface area contributed by atoms with Crippen molar-refractivity contribution in [3.63, 3.8) is 0 Å². The number of nitrogens with zero attached hydrogens (tertiary/aromatic N) is 2. The Morgan fingerprint density at radius 2 is 2.13 bits per heavy atom. The Morgan fingerprint density at radius 1 is 1.35 bits per heavy atom. The van der Waals surface area contributed by atoms with Crippen molar-refractivity contribution < 1.29 is 14.6 Å². The van der Waals surface area contributed by atoms with E-state index in [1.165, 1.54) is 19.4 Å². The van der Waals surface area contributed by atoms with Gasteiger partial charge < -0.3 is 9.84 Å². The van der Waals surface area contributed by atoms with Gasteiger partial charge in [-0.2, -0.15) is 5.10 Å².